The molecule has 3 fully saturated rings. The van der Waals surface area contributed by atoms with Crippen molar-refractivity contribution in [3.63, 3.8) is 0 Å². The van der Waals surface area contributed by atoms with Crippen LogP contribution in [0, 0.1) is 11.8 Å². The van der Waals surface area contributed by atoms with E-state index in [0.29, 0.717) is 18.4 Å². The summed E-state index contributed by atoms with van der Waals surface area (Å²) in [7, 11) is 1.68. The summed E-state index contributed by atoms with van der Waals surface area (Å²) in [5.41, 5.74) is 0.931. The first-order valence-electron chi connectivity index (χ1n) is 8.75. The van der Waals surface area contributed by atoms with Crippen molar-refractivity contribution in [2.24, 2.45) is 11.8 Å². The molecule has 0 spiro atoms. The third-order valence-corrected chi connectivity index (χ3v) is 5.49. The molecule has 0 radical (unpaired) electrons. The topological polar surface area (TPSA) is 45.7 Å². The highest BCUT2D eigenvalue weighted by Crippen LogP contribution is 2.35. The molecule has 1 saturated carbocycles. The molecule has 1 aliphatic carbocycles. The van der Waals surface area contributed by atoms with E-state index in [1.165, 1.54) is 19.3 Å². The summed E-state index contributed by atoms with van der Waals surface area (Å²) in [6.45, 7) is 3.64. The van der Waals surface area contributed by atoms with Crippen LogP contribution < -0.4 is 4.74 Å². The number of carbonyl (C=O) groups excluding carboxylic acids is 1. The van der Waals surface area contributed by atoms with Crippen LogP contribution in [0.3, 0.4) is 0 Å². The minimum absolute atomic E-state index is 0.0352. The van der Waals surface area contributed by atoms with Gasteiger partial charge >= 0.3 is 0 Å². The number of ether oxygens (including phenoxy) is 1. The minimum Gasteiger partial charge on any atom is -0.495 e. The molecule has 5 heteroatoms. The molecule has 5 nitrogen and oxygen atoms in total. The molecule has 0 aromatic carbocycles. The van der Waals surface area contributed by atoms with Gasteiger partial charge in [-0.2, -0.15) is 0 Å². The maximum Gasteiger partial charge on any atom is 0.239 e. The van der Waals surface area contributed by atoms with Crippen LogP contribution in [-0.4, -0.2) is 53.5 Å². The van der Waals surface area contributed by atoms with Gasteiger partial charge in [-0.15, -0.1) is 0 Å². The summed E-state index contributed by atoms with van der Waals surface area (Å²) < 4.78 is 5.42. The van der Waals surface area contributed by atoms with Gasteiger partial charge in [0.25, 0.3) is 0 Å². The fourth-order valence-electron chi connectivity index (χ4n) is 4.01. The fourth-order valence-corrected chi connectivity index (χ4v) is 4.01. The highest BCUT2D eigenvalue weighted by Gasteiger charge is 2.42. The minimum atomic E-state index is 0.0352. The number of hydrogen-bond acceptors (Lipinski definition) is 4. The second-order valence-electron chi connectivity index (χ2n) is 7.22. The van der Waals surface area contributed by atoms with Gasteiger partial charge in [-0.1, -0.05) is 0 Å². The lowest BCUT2D eigenvalue weighted by Crippen LogP contribution is -2.58. The summed E-state index contributed by atoms with van der Waals surface area (Å²) in [6, 6.07) is 3.86. The van der Waals surface area contributed by atoms with Crippen molar-refractivity contribution in [1.82, 2.24) is 14.8 Å². The highest BCUT2D eigenvalue weighted by molar-refractivity contribution is 5.83. The number of likely N-dealkylation sites (tertiary alicyclic amines) is 2. The Morgan fingerprint density at radius 1 is 1.35 bits per heavy atom. The average Bonchev–Trinajstić information content (AvgIpc) is 3.39. The van der Waals surface area contributed by atoms with Gasteiger partial charge in [0.05, 0.1) is 18.8 Å². The van der Waals surface area contributed by atoms with Gasteiger partial charge in [0, 0.05) is 25.8 Å². The number of carbonyl (C=O) groups is 1. The van der Waals surface area contributed by atoms with E-state index >= 15 is 0 Å². The van der Waals surface area contributed by atoms with Crippen LogP contribution in [0.4, 0.5) is 0 Å². The number of hydrogen-bond donors (Lipinski definition) is 0. The fraction of sp³-hybridized carbons (Fsp3) is 0.667. The lowest BCUT2D eigenvalue weighted by molar-refractivity contribution is -0.146. The number of nitrogens with zero attached hydrogens (tertiary/aromatic N) is 3. The van der Waals surface area contributed by atoms with Gasteiger partial charge in [-0.05, 0) is 56.2 Å². The number of methoxy groups -OCH3 is 1. The molecular weight excluding hydrogens is 290 g/mol. The first-order valence-corrected chi connectivity index (χ1v) is 8.75. The van der Waals surface area contributed by atoms with Gasteiger partial charge in [0.15, 0.2) is 0 Å². The number of pyridine rings is 1. The average molecular weight is 315 g/mol. The van der Waals surface area contributed by atoms with E-state index in [1.807, 2.05) is 12.1 Å². The summed E-state index contributed by atoms with van der Waals surface area (Å²) in [4.78, 5) is 21.8. The summed E-state index contributed by atoms with van der Waals surface area (Å²) in [6.07, 6.45) is 6.59. The van der Waals surface area contributed by atoms with Gasteiger partial charge in [-0.25, -0.2) is 0 Å². The molecule has 3 aliphatic rings. The normalized spacial score (nSPS) is 28.0. The Morgan fingerprint density at radius 2 is 2.22 bits per heavy atom. The second kappa shape index (κ2) is 6.11. The lowest BCUT2D eigenvalue weighted by Gasteiger charge is -2.46. The molecule has 2 bridgehead atoms. The molecule has 1 amide bonds. The Hall–Kier alpha value is -1.62. The Balaban J connectivity index is 1.49. The monoisotopic (exact) mass is 315 g/mol. The summed E-state index contributed by atoms with van der Waals surface area (Å²) in [5, 5.41) is 0. The first-order chi connectivity index (χ1) is 11.2. The number of aromatic nitrogens is 1. The van der Waals surface area contributed by atoms with Crippen LogP contribution in [0.15, 0.2) is 18.3 Å². The van der Waals surface area contributed by atoms with Gasteiger partial charge in [0.1, 0.15) is 5.75 Å². The zero-order valence-corrected chi connectivity index (χ0v) is 13.8. The molecule has 1 aromatic heterocycles. The maximum atomic E-state index is 12.9. The van der Waals surface area contributed by atoms with Crippen molar-refractivity contribution in [1.29, 1.82) is 0 Å². The predicted octanol–water partition coefficient (Wildman–Crippen LogP) is 1.92. The summed E-state index contributed by atoms with van der Waals surface area (Å²) >= 11 is 0. The van der Waals surface area contributed by atoms with E-state index in [-0.39, 0.29) is 6.04 Å². The first kappa shape index (κ1) is 14.9. The zero-order valence-electron chi connectivity index (χ0n) is 13.8. The van der Waals surface area contributed by atoms with E-state index < -0.39 is 0 Å². The molecule has 2 saturated heterocycles. The third-order valence-electron chi connectivity index (χ3n) is 5.49. The van der Waals surface area contributed by atoms with Crippen molar-refractivity contribution in [2.45, 2.75) is 38.3 Å². The molecule has 0 unspecified atom stereocenters. The zero-order chi connectivity index (χ0) is 15.8. The largest absolute Gasteiger partial charge is 0.495 e. The highest BCUT2D eigenvalue weighted by atomic mass is 16.5. The Labute approximate surface area is 137 Å². The van der Waals surface area contributed by atoms with Crippen LogP contribution >= 0.6 is 0 Å². The number of piperidine rings is 2. The van der Waals surface area contributed by atoms with Crippen molar-refractivity contribution in [3.8, 4) is 5.75 Å². The third kappa shape index (κ3) is 3.07. The van der Waals surface area contributed by atoms with E-state index in [9.17, 15) is 4.79 Å². The van der Waals surface area contributed by atoms with Crippen LogP contribution in [0.2, 0.25) is 0 Å². The van der Waals surface area contributed by atoms with Crippen molar-refractivity contribution < 1.29 is 9.53 Å². The molecule has 2 atom stereocenters. The lowest BCUT2D eigenvalue weighted by atomic mass is 9.85. The van der Waals surface area contributed by atoms with Crippen molar-refractivity contribution in [2.75, 3.05) is 26.7 Å². The molecule has 1 aromatic rings. The predicted molar refractivity (Wildman–Crippen MR) is 87.0 cm³/mol. The smallest absolute Gasteiger partial charge is 0.239 e. The Morgan fingerprint density at radius 3 is 3.00 bits per heavy atom. The molecule has 124 valence electrons. The number of rotatable bonds is 5. The molecule has 2 aliphatic heterocycles. The van der Waals surface area contributed by atoms with E-state index in [0.717, 1.165) is 43.4 Å². The van der Waals surface area contributed by atoms with E-state index in [4.69, 9.17) is 4.74 Å². The maximum absolute atomic E-state index is 12.9. The van der Waals surface area contributed by atoms with Crippen LogP contribution in [0.25, 0.3) is 0 Å². The second-order valence-corrected chi connectivity index (χ2v) is 7.22. The quantitative estimate of drug-likeness (QED) is 0.833. The Kier molecular flexibility index (Phi) is 3.97. The summed E-state index contributed by atoms with van der Waals surface area (Å²) in [5.74, 6) is 2.59. The molecule has 3 heterocycles. The molecule has 0 N–H and O–H groups in total. The van der Waals surface area contributed by atoms with Crippen molar-refractivity contribution in [3.05, 3.63) is 24.0 Å². The molecule has 23 heavy (non-hydrogen) atoms. The van der Waals surface area contributed by atoms with Crippen LogP contribution in [-0.2, 0) is 11.3 Å². The van der Waals surface area contributed by atoms with Crippen LogP contribution in [0.1, 0.15) is 31.4 Å². The molecular formula is C18H25N3O2. The molecule has 4 rings (SSSR count). The SMILES string of the molecule is COc1cccnc1CN1CC[C@H]2C[C@@H]1C(=O)N(CC1CC1)C2. The Bertz CT molecular complexity index is 587. The van der Waals surface area contributed by atoms with Crippen LogP contribution in [0.5, 0.6) is 5.75 Å². The van der Waals surface area contributed by atoms with Gasteiger partial charge in [-0.3, -0.25) is 14.7 Å². The standard InChI is InChI=1S/C18H25N3O2/c1-23-17-3-2-7-19-15(17)12-20-8-6-14-9-16(20)18(22)21(11-14)10-13-4-5-13/h2-3,7,13-14,16H,4-6,8-12H2,1H3/t14-,16+/m0/s1. The number of amides is 1. The van der Waals surface area contributed by atoms with E-state index in [2.05, 4.69) is 14.8 Å². The van der Waals surface area contributed by atoms with Gasteiger partial charge in [0.2, 0.25) is 5.91 Å². The van der Waals surface area contributed by atoms with Gasteiger partial charge < -0.3 is 9.64 Å². The van der Waals surface area contributed by atoms with E-state index in [1.54, 1.807) is 13.3 Å². The number of fused-ring (bicyclic) bond motifs is 2. The van der Waals surface area contributed by atoms with Crippen molar-refractivity contribution >= 4 is 5.91 Å².